The summed E-state index contributed by atoms with van der Waals surface area (Å²) in [4.78, 5) is 26.9. The zero-order valence-corrected chi connectivity index (χ0v) is 23.3. The normalized spacial score (nSPS) is 11.8. The number of aliphatic carboxylic acids is 1. The molecular weight excluding hydrogens is 500 g/mol. The molecule has 1 atom stereocenters. The Bertz CT molecular complexity index is 581. The van der Waals surface area contributed by atoms with Crippen molar-refractivity contribution < 1.29 is 33.6 Å². The summed E-state index contributed by atoms with van der Waals surface area (Å²) in [6.45, 7) is 3.34. The zero-order chi connectivity index (χ0) is 27.4. The number of unbranched alkanes of at least 4 members (excludes halogenated alkanes) is 8. The van der Waals surface area contributed by atoms with Crippen LogP contribution in [0.2, 0.25) is 0 Å². The highest BCUT2D eigenvalue weighted by Crippen LogP contribution is 2.10. The van der Waals surface area contributed by atoms with Gasteiger partial charge >= 0.3 is 5.97 Å². The van der Waals surface area contributed by atoms with Gasteiger partial charge in [0.25, 0.3) is 0 Å². The highest BCUT2D eigenvalue weighted by atomic mass is 32.1. The van der Waals surface area contributed by atoms with Crippen molar-refractivity contribution >= 4 is 30.5 Å². The fourth-order valence-corrected chi connectivity index (χ4v) is 3.60. The summed E-state index contributed by atoms with van der Waals surface area (Å²) in [6.07, 6.45) is 12.1. The molecular formula is C25H50N4O7S. The molecule has 0 aromatic heterocycles. The van der Waals surface area contributed by atoms with Crippen molar-refractivity contribution in [2.24, 2.45) is 16.5 Å². The molecule has 218 valence electrons. The molecule has 0 saturated carbocycles. The molecule has 12 heteroatoms. The molecule has 0 aliphatic heterocycles. The zero-order valence-electron chi connectivity index (χ0n) is 22.4. The summed E-state index contributed by atoms with van der Waals surface area (Å²) in [5.41, 5.74) is 10.4. The average molecular weight is 551 g/mol. The molecule has 0 spiro atoms. The Balaban J connectivity index is 3.40. The van der Waals surface area contributed by atoms with Crippen LogP contribution < -0.4 is 16.8 Å². The maximum atomic E-state index is 11.9. The van der Waals surface area contributed by atoms with Gasteiger partial charge in [0.2, 0.25) is 5.91 Å². The number of amides is 1. The molecule has 6 N–H and O–H groups in total. The fourth-order valence-electron chi connectivity index (χ4n) is 3.37. The number of ether oxygens (including phenoxy) is 4. The van der Waals surface area contributed by atoms with Crippen LogP contribution in [0.25, 0.3) is 0 Å². The lowest BCUT2D eigenvalue weighted by Gasteiger charge is -2.14. The Hall–Kier alpha value is -1.60. The molecule has 0 saturated heterocycles. The van der Waals surface area contributed by atoms with E-state index in [0.29, 0.717) is 46.0 Å². The highest BCUT2D eigenvalue weighted by molar-refractivity contribution is 7.80. The number of thiol groups is 1. The molecule has 0 bridgehead atoms. The molecule has 0 rings (SSSR count). The van der Waals surface area contributed by atoms with E-state index in [1.807, 2.05) is 0 Å². The van der Waals surface area contributed by atoms with Crippen molar-refractivity contribution in [1.82, 2.24) is 5.32 Å². The predicted octanol–water partition coefficient (Wildman–Crippen LogP) is 2.12. The van der Waals surface area contributed by atoms with Gasteiger partial charge in [-0.1, -0.05) is 44.9 Å². The molecule has 0 aliphatic carbocycles. The predicted molar refractivity (Wildman–Crippen MR) is 148 cm³/mol. The summed E-state index contributed by atoms with van der Waals surface area (Å²) in [7, 11) is 0. The number of guanidine groups is 1. The van der Waals surface area contributed by atoms with Gasteiger partial charge < -0.3 is 40.8 Å². The Labute approximate surface area is 227 Å². The van der Waals surface area contributed by atoms with Crippen molar-refractivity contribution in [3.63, 3.8) is 0 Å². The number of nitrogens with two attached hydrogens (primary N) is 2. The van der Waals surface area contributed by atoms with Gasteiger partial charge in [-0.3, -0.25) is 9.79 Å². The lowest BCUT2D eigenvalue weighted by molar-refractivity contribution is -0.142. The SMILES string of the molecule is NC(N)=NCCC[C@H](NC(=O)COCCOCCOCCOCCCCCCCCCCCS)C(=O)O. The summed E-state index contributed by atoms with van der Waals surface area (Å²) < 4.78 is 21.6. The second-order valence-electron chi connectivity index (χ2n) is 8.70. The van der Waals surface area contributed by atoms with Crippen molar-refractivity contribution in [2.45, 2.75) is 76.7 Å². The minimum atomic E-state index is -1.12. The molecule has 37 heavy (non-hydrogen) atoms. The average Bonchev–Trinajstić information content (AvgIpc) is 2.86. The maximum absolute atomic E-state index is 11.9. The first-order valence-corrected chi connectivity index (χ1v) is 14.1. The standard InChI is InChI=1S/C25H50N4O7S/c26-25(27)28-12-10-11-22(24(31)32)29-23(30)21-36-19-18-35-17-16-34-15-14-33-13-8-6-4-2-1-3-5-7-9-20-37/h22,37H,1-21H2,(H,29,30)(H,31,32)(H4,26,27,28)/t22-/m0/s1. The Kier molecular flexibility index (Phi) is 26.2. The maximum Gasteiger partial charge on any atom is 0.326 e. The number of hydrogen-bond donors (Lipinski definition) is 5. The van der Waals surface area contributed by atoms with Gasteiger partial charge in [0, 0.05) is 13.2 Å². The number of nitrogens with one attached hydrogen (secondary N) is 1. The molecule has 0 aromatic carbocycles. The number of rotatable bonds is 28. The molecule has 0 radical (unpaired) electrons. The van der Waals surface area contributed by atoms with Gasteiger partial charge in [-0.15, -0.1) is 0 Å². The third kappa shape index (κ3) is 27.3. The van der Waals surface area contributed by atoms with Crippen LogP contribution in [0.15, 0.2) is 4.99 Å². The lowest BCUT2D eigenvalue weighted by atomic mass is 10.1. The van der Waals surface area contributed by atoms with E-state index >= 15 is 0 Å². The number of hydrogen-bond acceptors (Lipinski definition) is 8. The smallest absolute Gasteiger partial charge is 0.326 e. The summed E-state index contributed by atoms with van der Waals surface area (Å²) >= 11 is 4.23. The summed E-state index contributed by atoms with van der Waals surface area (Å²) in [5, 5.41) is 11.6. The third-order valence-corrected chi connectivity index (χ3v) is 5.69. The Morgan fingerprint density at radius 1 is 0.730 bits per heavy atom. The number of carboxylic acid groups (broad SMARTS) is 1. The van der Waals surface area contributed by atoms with Crippen LogP contribution in [0.1, 0.15) is 70.6 Å². The number of nitrogens with zero attached hydrogens (tertiary/aromatic N) is 1. The Morgan fingerprint density at radius 3 is 1.73 bits per heavy atom. The largest absolute Gasteiger partial charge is 0.480 e. The van der Waals surface area contributed by atoms with E-state index in [1.165, 1.54) is 51.4 Å². The Morgan fingerprint density at radius 2 is 1.22 bits per heavy atom. The number of carbonyl (C=O) groups excluding carboxylic acids is 1. The number of carbonyl (C=O) groups is 2. The second-order valence-corrected chi connectivity index (χ2v) is 9.15. The molecule has 0 aliphatic rings. The van der Waals surface area contributed by atoms with Crippen LogP contribution in [-0.2, 0) is 28.5 Å². The molecule has 11 nitrogen and oxygen atoms in total. The van der Waals surface area contributed by atoms with E-state index in [2.05, 4.69) is 22.9 Å². The third-order valence-electron chi connectivity index (χ3n) is 5.37. The van der Waals surface area contributed by atoms with E-state index in [4.69, 9.17) is 30.4 Å². The van der Waals surface area contributed by atoms with Crippen LogP contribution in [0.3, 0.4) is 0 Å². The van der Waals surface area contributed by atoms with E-state index in [-0.39, 0.29) is 25.6 Å². The minimum absolute atomic E-state index is 0.0550. The molecule has 0 aromatic rings. The lowest BCUT2D eigenvalue weighted by Crippen LogP contribution is -2.42. The van der Waals surface area contributed by atoms with Crippen molar-refractivity contribution in [3.05, 3.63) is 0 Å². The van der Waals surface area contributed by atoms with Crippen LogP contribution in [0, 0.1) is 0 Å². The summed E-state index contributed by atoms with van der Waals surface area (Å²) in [6, 6.07) is -1.02. The van der Waals surface area contributed by atoms with E-state index in [9.17, 15) is 14.7 Å². The van der Waals surface area contributed by atoms with Crippen molar-refractivity contribution in [2.75, 3.05) is 65.2 Å². The monoisotopic (exact) mass is 550 g/mol. The van der Waals surface area contributed by atoms with E-state index in [0.717, 1.165) is 18.8 Å². The molecule has 1 amide bonds. The molecule has 0 fully saturated rings. The quantitative estimate of drug-likeness (QED) is 0.0424. The summed E-state index contributed by atoms with van der Waals surface area (Å²) in [5.74, 6) is -0.679. The van der Waals surface area contributed by atoms with Crippen molar-refractivity contribution in [3.8, 4) is 0 Å². The van der Waals surface area contributed by atoms with Gasteiger partial charge in [-0.2, -0.15) is 12.6 Å². The van der Waals surface area contributed by atoms with Gasteiger partial charge in [0.1, 0.15) is 12.6 Å². The van der Waals surface area contributed by atoms with Crippen LogP contribution >= 0.6 is 12.6 Å². The molecule has 0 heterocycles. The van der Waals surface area contributed by atoms with Gasteiger partial charge in [-0.25, -0.2) is 4.79 Å². The van der Waals surface area contributed by atoms with Crippen molar-refractivity contribution in [1.29, 1.82) is 0 Å². The van der Waals surface area contributed by atoms with E-state index < -0.39 is 17.9 Å². The topological polar surface area (TPSA) is 168 Å². The van der Waals surface area contributed by atoms with Gasteiger partial charge in [-0.05, 0) is 31.4 Å². The number of aliphatic imine (C=N–C) groups is 1. The minimum Gasteiger partial charge on any atom is -0.480 e. The first kappa shape index (κ1) is 35.4. The van der Waals surface area contributed by atoms with E-state index in [1.54, 1.807) is 0 Å². The van der Waals surface area contributed by atoms with Crippen LogP contribution in [0.4, 0.5) is 0 Å². The number of carboxylic acids is 1. The fraction of sp³-hybridized carbons (Fsp3) is 0.880. The van der Waals surface area contributed by atoms with Gasteiger partial charge in [0.15, 0.2) is 5.96 Å². The van der Waals surface area contributed by atoms with Crippen LogP contribution in [0.5, 0.6) is 0 Å². The first-order valence-electron chi connectivity index (χ1n) is 13.5. The first-order chi connectivity index (χ1) is 18.0. The van der Waals surface area contributed by atoms with Gasteiger partial charge in [0.05, 0.1) is 39.6 Å². The van der Waals surface area contributed by atoms with Crippen LogP contribution in [-0.4, -0.2) is 94.1 Å². The second kappa shape index (κ2) is 27.4. The molecule has 0 unspecified atom stereocenters. The highest BCUT2D eigenvalue weighted by Gasteiger charge is 2.19.